The van der Waals surface area contributed by atoms with E-state index < -0.39 is 7.14 Å². The molecule has 16 rings (SSSR count). The number of aromatic nitrogens is 10. The highest BCUT2D eigenvalue weighted by Crippen LogP contribution is 2.37. The van der Waals surface area contributed by atoms with Crippen molar-refractivity contribution in [2.45, 2.75) is 76.9 Å². The van der Waals surface area contributed by atoms with E-state index in [1.807, 2.05) is 88.0 Å². The van der Waals surface area contributed by atoms with Gasteiger partial charge in [-0.2, -0.15) is 15.3 Å². The molecule has 0 aliphatic carbocycles. The van der Waals surface area contributed by atoms with E-state index in [1.54, 1.807) is 13.3 Å². The SMILES string of the molecule is CN1CCN(C2CCN(c3cnc4c(-c5cccc(P(C)(C)=O)c5)cnn4c3)CC2)CC1.Cc1cc(-c2cnn3cc(N4CCC(N5CCCN(C)CC5)CC4)cnc23)c2ccccc2n1.Cc1cccc(-c2cnn3cc(N4CCC(N5CCN(C)CC5)CC4)cnc23)c1. The molecule has 0 saturated carbocycles. The van der Waals surface area contributed by atoms with Crippen LogP contribution in [0.5, 0.6) is 0 Å². The first-order chi connectivity index (χ1) is 46.2. The van der Waals surface area contributed by atoms with E-state index in [0.29, 0.717) is 12.1 Å². The Bertz CT molecular complexity index is 4290. The molecule has 0 amide bonds. The average molecular weight is 1300 g/mol. The summed E-state index contributed by atoms with van der Waals surface area (Å²) in [5.74, 6) is 0. The highest BCUT2D eigenvalue weighted by molar-refractivity contribution is 7.70. The zero-order chi connectivity index (χ0) is 65.2. The zero-order valence-electron chi connectivity index (χ0n) is 57.0. The third-order valence-corrected chi connectivity index (χ3v) is 22.7. The van der Waals surface area contributed by atoms with Crippen molar-refractivity contribution in [1.29, 1.82) is 0 Å². The van der Waals surface area contributed by atoms with Gasteiger partial charge in [-0.3, -0.25) is 19.7 Å². The zero-order valence-corrected chi connectivity index (χ0v) is 57.9. The van der Waals surface area contributed by atoms with Crippen molar-refractivity contribution in [1.82, 2.24) is 78.2 Å². The first-order valence-corrected chi connectivity index (χ1v) is 37.4. The van der Waals surface area contributed by atoms with Gasteiger partial charge in [0.05, 0.1) is 78.4 Å². The Morgan fingerprint density at radius 2 is 0.832 bits per heavy atom. The van der Waals surface area contributed by atoms with Gasteiger partial charge in [-0.25, -0.2) is 28.5 Å². The van der Waals surface area contributed by atoms with E-state index in [0.717, 1.165) is 123 Å². The molecule has 6 aliphatic heterocycles. The first kappa shape index (κ1) is 64.6. The van der Waals surface area contributed by atoms with E-state index in [9.17, 15) is 4.57 Å². The predicted molar refractivity (Wildman–Crippen MR) is 387 cm³/mol. The van der Waals surface area contributed by atoms with E-state index >= 15 is 0 Å². The van der Waals surface area contributed by atoms with Crippen LogP contribution >= 0.6 is 7.14 Å². The van der Waals surface area contributed by atoms with Crippen molar-refractivity contribution in [2.75, 3.05) is 167 Å². The minimum Gasteiger partial charge on any atom is -0.369 e. The second-order valence-corrected chi connectivity index (χ2v) is 31.3. The maximum atomic E-state index is 12.5. The van der Waals surface area contributed by atoms with E-state index in [-0.39, 0.29) is 0 Å². The van der Waals surface area contributed by atoms with Crippen molar-refractivity contribution >= 4 is 57.4 Å². The molecule has 10 aromatic rings. The summed E-state index contributed by atoms with van der Waals surface area (Å²) in [6.45, 7) is 28.6. The van der Waals surface area contributed by atoms with Crippen molar-refractivity contribution < 1.29 is 4.57 Å². The number of anilines is 3. The molecule has 0 unspecified atom stereocenters. The Kier molecular flexibility index (Phi) is 19.4. The van der Waals surface area contributed by atoms with Gasteiger partial charge in [0, 0.05) is 156 Å². The number of rotatable bonds is 10. The second-order valence-electron chi connectivity index (χ2n) is 28.0. The van der Waals surface area contributed by atoms with Crippen molar-refractivity contribution in [2.24, 2.45) is 0 Å². The van der Waals surface area contributed by atoms with Crippen LogP contribution in [-0.4, -0.2) is 249 Å². The topological polar surface area (TPSA) is 150 Å². The smallest absolute Gasteiger partial charge is 0.162 e. The van der Waals surface area contributed by atoms with Gasteiger partial charge in [-0.15, -0.1) is 0 Å². The van der Waals surface area contributed by atoms with Crippen LogP contribution in [-0.2, 0) is 4.57 Å². The standard InChI is InChI=1S/C27H33N7.C24H33N6OP.C23H30N6/c1-20-16-24(23-6-3-4-7-26(23)30-20)25-18-29-34-19-22(17-28-27(25)34)33-12-8-21(9-13-33)32-11-5-10-31(2)14-15-32;1-27-11-13-29(14-12-27)20-7-9-28(10-8-20)21-16-25-24-23(17-26-30(24)18-21)19-5-4-6-22(15-19)32(2,3)31;1-18-4-3-5-19(14-18)22-16-25-29-17-21(15-24-23(22)29)27-8-6-20(7-9-27)28-12-10-26(2)11-13-28/h3-4,6-7,16-19,21H,5,8-15H2,1-2H3;4-6,15-18,20H,7-14H2,1-3H3;3-5,14-17,20H,6-13H2,1-2H3. The third kappa shape index (κ3) is 14.7. The number of para-hydroxylation sites is 1. The molecule has 0 atom stereocenters. The van der Waals surface area contributed by atoms with Gasteiger partial charge in [-0.1, -0.05) is 66.2 Å². The molecule has 3 aromatic carbocycles. The van der Waals surface area contributed by atoms with Crippen LogP contribution in [0.4, 0.5) is 17.1 Å². The summed E-state index contributed by atoms with van der Waals surface area (Å²) in [6, 6.07) is 29.0. The molecule has 20 nitrogen and oxygen atoms in total. The molecule has 21 heteroatoms. The lowest BCUT2D eigenvalue weighted by Crippen LogP contribution is -2.52. The van der Waals surface area contributed by atoms with Crippen LogP contribution in [0.1, 0.15) is 56.2 Å². The summed E-state index contributed by atoms with van der Waals surface area (Å²) >= 11 is 0. The Morgan fingerprint density at radius 1 is 0.411 bits per heavy atom. The number of hydrogen-bond donors (Lipinski definition) is 0. The summed E-state index contributed by atoms with van der Waals surface area (Å²) in [5, 5.41) is 15.9. The molecule has 13 heterocycles. The van der Waals surface area contributed by atoms with Gasteiger partial charge in [0.25, 0.3) is 0 Å². The summed E-state index contributed by atoms with van der Waals surface area (Å²) in [6.07, 6.45) is 26.7. The monoisotopic (exact) mass is 1300 g/mol. The molecule has 6 fully saturated rings. The Labute approximate surface area is 560 Å². The van der Waals surface area contributed by atoms with Crippen LogP contribution in [0.2, 0.25) is 0 Å². The Balaban J connectivity index is 0.000000123. The van der Waals surface area contributed by atoms with Gasteiger partial charge < -0.3 is 34.0 Å². The predicted octanol–water partition coefficient (Wildman–Crippen LogP) is 9.64. The molecule has 0 spiro atoms. The minimum absolute atomic E-state index is 0.702. The van der Waals surface area contributed by atoms with Crippen molar-refractivity contribution in [3.63, 3.8) is 0 Å². The third-order valence-electron chi connectivity index (χ3n) is 21.1. The van der Waals surface area contributed by atoms with E-state index in [2.05, 4.69) is 155 Å². The van der Waals surface area contributed by atoms with Crippen LogP contribution in [0.3, 0.4) is 0 Å². The highest BCUT2D eigenvalue weighted by atomic mass is 31.2. The number of benzene rings is 3. The number of likely N-dealkylation sites (N-methyl/N-ethyl adjacent to an activating group) is 3. The summed E-state index contributed by atoms with van der Waals surface area (Å²) < 4.78 is 18.3. The molecule has 6 saturated heterocycles. The lowest BCUT2D eigenvalue weighted by Gasteiger charge is -2.42. The molecular weight excluding hydrogens is 1200 g/mol. The molecule has 95 heavy (non-hydrogen) atoms. The van der Waals surface area contributed by atoms with Gasteiger partial charge >= 0.3 is 0 Å². The summed E-state index contributed by atoms with van der Waals surface area (Å²) in [7, 11) is 4.37. The number of piperazine rings is 2. The number of fused-ring (bicyclic) bond motifs is 4. The van der Waals surface area contributed by atoms with Crippen LogP contribution < -0.4 is 20.0 Å². The van der Waals surface area contributed by atoms with E-state index in [4.69, 9.17) is 19.9 Å². The van der Waals surface area contributed by atoms with Crippen LogP contribution in [0.25, 0.3) is 61.2 Å². The summed E-state index contributed by atoms with van der Waals surface area (Å²) in [4.78, 5) is 41.9. The normalized spacial score (nSPS) is 19.5. The van der Waals surface area contributed by atoms with E-state index in [1.165, 1.54) is 140 Å². The minimum atomic E-state index is -2.31. The number of aryl methyl sites for hydroxylation is 2. The number of hydrogen-bond acceptors (Lipinski definition) is 17. The van der Waals surface area contributed by atoms with Crippen molar-refractivity contribution in [3.8, 4) is 33.4 Å². The van der Waals surface area contributed by atoms with Gasteiger partial charge in [-0.05, 0) is 141 Å². The first-order valence-electron chi connectivity index (χ1n) is 34.8. The lowest BCUT2D eigenvalue weighted by atomic mass is 10.0. The molecule has 498 valence electrons. The van der Waals surface area contributed by atoms with Gasteiger partial charge in [0.2, 0.25) is 0 Å². The van der Waals surface area contributed by atoms with Crippen molar-refractivity contribution in [3.05, 3.63) is 146 Å². The molecular formula is C74H96N19OP. The Hall–Kier alpha value is -7.68. The quantitative estimate of drug-likeness (QED) is 0.120. The number of nitrogens with zero attached hydrogens (tertiary/aromatic N) is 19. The fraction of sp³-hybridized carbons (Fsp3) is 0.473. The molecule has 6 aliphatic rings. The fourth-order valence-corrected chi connectivity index (χ4v) is 16.2. The lowest BCUT2D eigenvalue weighted by molar-refractivity contribution is 0.0982. The number of pyridine rings is 1. The molecule has 0 bridgehead atoms. The number of piperidine rings is 3. The molecule has 0 N–H and O–H groups in total. The fourth-order valence-electron chi connectivity index (χ4n) is 15.3. The maximum Gasteiger partial charge on any atom is 0.162 e. The van der Waals surface area contributed by atoms with Gasteiger partial charge in [0.15, 0.2) is 16.9 Å². The highest BCUT2D eigenvalue weighted by Gasteiger charge is 2.31. The second kappa shape index (κ2) is 28.6. The maximum absolute atomic E-state index is 12.5. The van der Waals surface area contributed by atoms with Crippen LogP contribution in [0, 0.1) is 13.8 Å². The Morgan fingerprint density at radius 3 is 1.31 bits per heavy atom. The molecule has 7 aromatic heterocycles. The van der Waals surface area contributed by atoms with Gasteiger partial charge in [0.1, 0.15) is 7.14 Å². The largest absolute Gasteiger partial charge is 0.369 e. The summed E-state index contributed by atoms with van der Waals surface area (Å²) in [5.41, 5.74) is 15.8. The molecule has 0 radical (unpaired) electrons. The average Bonchev–Trinajstić information content (AvgIpc) is 2.03. The van der Waals surface area contributed by atoms with Crippen LogP contribution in [0.15, 0.2) is 135 Å².